The third-order valence-electron chi connectivity index (χ3n) is 7.53. The molecule has 3 aromatic rings. The minimum absolute atomic E-state index is 0.186. The van der Waals surface area contributed by atoms with Crippen LogP contribution in [0.1, 0.15) is 69.4 Å². The second kappa shape index (κ2) is 10.2. The van der Waals surface area contributed by atoms with Gasteiger partial charge < -0.3 is 0 Å². The Morgan fingerprint density at radius 3 is 2.06 bits per heavy atom. The lowest BCUT2D eigenvalue weighted by Gasteiger charge is -2.37. The highest BCUT2D eigenvalue weighted by Gasteiger charge is 2.36. The first-order chi connectivity index (χ1) is 15.9. The van der Waals surface area contributed by atoms with Crippen molar-refractivity contribution in [1.82, 2.24) is 0 Å². The van der Waals surface area contributed by atoms with Crippen molar-refractivity contribution < 1.29 is 13.2 Å². The van der Waals surface area contributed by atoms with E-state index in [2.05, 4.69) is 13.8 Å². The summed E-state index contributed by atoms with van der Waals surface area (Å²) < 4.78 is 42.6. The normalized spacial score (nSPS) is 19.9. The van der Waals surface area contributed by atoms with Gasteiger partial charge in [0.05, 0.1) is 5.56 Å². The van der Waals surface area contributed by atoms with Crippen molar-refractivity contribution in [3.8, 4) is 22.3 Å². The summed E-state index contributed by atoms with van der Waals surface area (Å²) in [5.74, 6) is 1.28. The van der Waals surface area contributed by atoms with Gasteiger partial charge in [0.1, 0.15) is 0 Å². The van der Waals surface area contributed by atoms with Crippen LogP contribution < -0.4 is 0 Å². The smallest absolute Gasteiger partial charge is 0.166 e. The van der Waals surface area contributed by atoms with Crippen LogP contribution in [0.15, 0.2) is 72.8 Å². The maximum Gasteiger partial charge on any atom is 0.417 e. The van der Waals surface area contributed by atoms with Gasteiger partial charge in [0.2, 0.25) is 0 Å². The van der Waals surface area contributed by atoms with Crippen molar-refractivity contribution in [2.45, 2.75) is 64.5 Å². The Bertz CT molecular complexity index is 1030. The molecule has 0 nitrogen and oxygen atoms in total. The number of benzene rings is 3. The average Bonchev–Trinajstić information content (AvgIpc) is 2.85. The zero-order chi connectivity index (χ0) is 23.4. The van der Waals surface area contributed by atoms with Crippen LogP contribution in [0.4, 0.5) is 13.2 Å². The third-order valence-corrected chi connectivity index (χ3v) is 7.53. The topological polar surface area (TPSA) is 0 Å². The van der Waals surface area contributed by atoms with E-state index in [0.29, 0.717) is 17.4 Å². The Labute approximate surface area is 195 Å². The quantitative estimate of drug-likeness (QED) is 0.350. The van der Waals surface area contributed by atoms with Gasteiger partial charge in [-0.2, -0.15) is 13.2 Å². The molecule has 0 aromatic heterocycles. The Morgan fingerprint density at radius 1 is 0.788 bits per heavy atom. The molecule has 3 heteroatoms. The maximum atomic E-state index is 14.2. The minimum atomic E-state index is -4.39. The largest absolute Gasteiger partial charge is 0.417 e. The first-order valence-corrected chi connectivity index (χ1v) is 12.3. The van der Waals surface area contributed by atoms with Gasteiger partial charge in [-0.25, -0.2) is 0 Å². The molecule has 0 aliphatic heterocycles. The second-order valence-electron chi connectivity index (χ2n) is 9.38. The fourth-order valence-corrected chi connectivity index (χ4v) is 5.81. The van der Waals surface area contributed by atoms with Crippen LogP contribution in [-0.2, 0) is 6.18 Å². The Hall–Kier alpha value is -2.55. The molecule has 33 heavy (non-hydrogen) atoms. The Kier molecular flexibility index (Phi) is 7.26. The molecular formula is C30H33F3. The van der Waals surface area contributed by atoms with Crippen LogP contribution in [0.5, 0.6) is 0 Å². The van der Waals surface area contributed by atoms with Crippen molar-refractivity contribution >= 4 is 0 Å². The van der Waals surface area contributed by atoms with Gasteiger partial charge >= 0.3 is 6.18 Å². The van der Waals surface area contributed by atoms with Crippen LogP contribution in [0, 0.1) is 11.8 Å². The standard InChI is InChI=1S/C30H33F3/c1-3-21-10-8-9-13-27(21)26(4-2)25-18-19-28(29(20-25)30(31,32)33)24-16-14-23(15-17-24)22-11-6-5-7-12-22/h5-7,11-12,14-21,26-27H,3-4,8-10,13H2,1-2H3. The zero-order valence-corrected chi connectivity index (χ0v) is 19.5. The fraction of sp³-hybridized carbons (Fsp3) is 0.400. The number of hydrogen-bond acceptors (Lipinski definition) is 0. The predicted molar refractivity (Wildman–Crippen MR) is 131 cm³/mol. The Morgan fingerprint density at radius 2 is 1.42 bits per heavy atom. The van der Waals surface area contributed by atoms with E-state index in [-0.39, 0.29) is 11.5 Å². The van der Waals surface area contributed by atoms with E-state index in [1.165, 1.54) is 25.3 Å². The molecule has 1 fully saturated rings. The lowest BCUT2D eigenvalue weighted by molar-refractivity contribution is -0.137. The molecule has 0 N–H and O–H groups in total. The molecule has 3 atom stereocenters. The van der Waals surface area contributed by atoms with Gasteiger partial charge in [-0.1, -0.05) is 106 Å². The lowest BCUT2D eigenvalue weighted by atomic mass is 9.68. The summed E-state index contributed by atoms with van der Waals surface area (Å²) in [6.45, 7) is 4.34. The third kappa shape index (κ3) is 5.18. The summed E-state index contributed by atoms with van der Waals surface area (Å²) >= 11 is 0. The minimum Gasteiger partial charge on any atom is -0.166 e. The van der Waals surface area contributed by atoms with E-state index >= 15 is 0 Å². The Balaban J connectivity index is 1.70. The van der Waals surface area contributed by atoms with Gasteiger partial charge in [0.15, 0.2) is 0 Å². The second-order valence-corrected chi connectivity index (χ2v) is 9.38. The van der Waals surface area contributed by atoms with Crippen LogP contribution in [0.2, 0.25) is 0 Å². The molecule has 1 aliphatic carbocycles. The van der Waals surface area contributed by atoms with Gasteiger partial charge in [-0.15, -0.1) is 0 Å². The van der Waals surface area contributed by atoms with Gasteiger partial charge in [-0.05, 0) is 64.5 Å². The van der Waals surface area contributed by atoms with Crippen LogP contribution in [0.25, 0.3) is 22.3 Å². The summed E-state index contributed by atoms with van der Waals surface area (Å²) in [7, 11) is 0. The molecule has 1 aliphatic rings. The number of rotatable bonds is 6. The molecular weight excluding hydrogens is 417 g/mol. The van der Waals surface area contributed by atoms with Crippen LogP contribution in [-0.4, -0.2) is 0 Å². The molecule has 4 rings (SSSR count). The van der Waals surface area contributed by atoms with Gasteiger partial charge in [0.25, 0.3) is 0 Å². The first kappa shape index (κ1) is 23.6. The predicted octanol–water partition coefficient (Wildman–Crippen LogP) is 9.75. The van der Waals surface area contributed by atoms with Crippen LogP contribution in [0.3, 0.4) is 0 Å². The average molecular weight is 451 g/mol. The summed E-state index contributed by atoms with van der Waals surface area (Å²) in [5, 5.41) is 0. The molecule has 0 amide bonds. The van der Waals surface area contributed by atoms with E-state index in [1.54, 1.807) is 18.2 Å². The summed E-state index contributed by atoms with van der Waals surface area (Å²) in [5.41, 5.74) is 3.24. The molecule has 0 heterocycles. The van der Waals surface area contributed by atoms with Crippen molar-refractivity contribution in [2.75, 3.05) is 0 Å². The molecule has 0 spiro atoms. The van der Waals surface area contributed by atoms with Crippen LogP contribution >= 0.6 is 0 Å². The van der Waals surface area contributed by atoms with Crippen molar-refractivity contribution in [2.24, 2.45) is 11.8 Å². The monoisotopic (exact) mass is 450 g/mol. The molecule has 1 saturated carbocycles. The van der Waals surface area contributed by atoms with Gasteiger partial charge in [-0.3, -0.25) is 0 Å². The van der Waals surface area contributed by atoms with Crippen molar-refractivity contribution in [3.05, 3.63) is 83.9 Å². The molecule has 0 radical (unpaired) electrons. The zero-order valence-electron chi connectivity index (χ0n) is 19.5. The molecule has 0 saturated heterocycles. The van der Waals surface area contributed by atoms with Gasteiger partial charge in [0, 0.05) is 0 Å². The molecule has 3 unspecified atom stereocenters. The first-order valence-electron chi connectivity index (χ1n) is 12.3. The highest BCUT2D eigenvalue weighted by atomic mass is 19.4. The molecule has 174 valence electrons. The number of hydrogen-bond donors (Lipinski definition) is 0. The van der Waals surface area contributed by atoms with E-state index in [4.69, 9.17) is 0 Å². The van der Waals surface area contributed by atoms with Crippen molar-refractivity contribution in [3.63, 3.8) is 0 Å². The van der Waals surface area contributed by atoms with E-state index in [1.807, 2.05) is 48.5 Å². The summed E-state index contributed by atoms with van der Waals surface area (Å²) in [6.07, 6.45) is 2.37. The highest BCUT2D eigenvalue weighted by Crippen LogP contribution is 2.45. The highest BCUT2D eigenvalue weighted by molar-refractivity contribution is 5.73. The number of alkyl halides is 3. The summed E-state index contributed by atoms with van der Waals surface area (Å²) in [4.78, 5) is 0. The van der Waals surface area contributed by atoms with E-state index in [0.717, 1.165) is 36.0 Å². The van der Waals surface area contributed by atoms with E-state index < -0.39 is 11.7 Å². The van der Waals surface area contributed by atoms with E-state index in [9.17, 15) is 13.2 Å². The number of halogens is 3. The SMILES string of the molecule is CCC1CCCCC1C(CC)c1ccc(-c2ccc(-c3ccccc3)cc2)c(C(F)(F)F)c1. The fourth-order valence-electron chi connectivity index (χ4n) is 5.81. The van der Waals surface area contributed by atoms with Crippen molar-refractivity contribution in [1.29, 1.82) is 0 Å². The summed E-state index contributed by atoms with van der Waals surface area (Å²) in [6, 6.07) is 22.4. The molecule has 3 aromatic carbocycles. The lowest BCUT2D eigenvalue weighted by Crippen LogP contribution is -2.25. The maximum absolute atomic E-state index is 14.2. The molecule has 0 bridgehead atoms.